The summed E-state index contributed by atoms with van der Waals surface area (Å²) in [4.78, 5) is 21.2. The molecule has 0 aliphatic heterocycles. The summed E-state index contributed by atoms with van der Waals surface area (Å²) in [6.45, 7) is 6.26. The van der Waals surface area contributed by atoms with E-state index < -0.39 is 0 Å². The quantitative estimate of drug-likeness (QED) is 0.531. The summed E-state index contributed by atoms with van der Waals surface area (Å²) in [6, 6.07) is 0. The SMILES string of the molecule is CC(=O)OC(C)/C=C/C=C/C(C)OC(C)=O. The van der Waals surface area contributed by atoms with Crippen LogP contribution in [0.1, 0.15) is 27.7 Å². The molecule has 0 rings (SSSR count). The summed E-state index contributed by atoms with van der Waals surface area (Å²) in [5, 5.41) is 0. The Morgan fingerprint density at radius 3 is 1.44 bits per heavy atom. The average Bonchev–Trinajstić information content (AvgIpc) is 2.10. The first-order valence-corrected chi connectivity index (χ1v) is 5.11. The van der Waals surface area contributed by atoms with Gasteiger partial charge in [-0.1, -0.05) is 12.2 Å². The molecule has 0 bridgehead atoms. The molecule has 90 valence electrons. The number of hydrogen-bond acceptors (Lipinski definition) is 4. The van der Waals surface area contributed by atoms with Crippen LogP contribution in [0.4, 0.5) is 0 Å². The molecule has 0 heterocycles. The third kappa shape index (κ3) is 8.99. The van der Waals surface area contributed by atoms with Gasteiger partial charge in [-0.15, -0.1) is 0 Å². The van der Waals surface area contributed by atoms with Crippen molar-refractivity contribution < 1.29 is 19.1 Å². The van der Waals surface area contributed by atoms with Crippen LogP contribution >= 0.6 is 0 Å². The van der Waals surface area contributed by atoms with E-state index in [0.717, 1.165) is 0 Å². The zero-order valence-electron chi connectivity index (χ0n) is 10.1. The van der Waals surface area contributed by atoms with Gasteiger partial charge in [0.25, 0.3) is 0 Å². The maximum Gasteiger partial charge on any atom is 0.303 e. The normalized spacial score (nSPS) is 15.0. The molecule has 0 N–H and O–H groups in total. The highest BCUT2D eigenvalue weighted by Crippen LogP contribution is 1.96. The minimum atomic E-state index is -0.311. The molecule has 0 aliphatic carbocycles. The van der Waals surface area contributed by atoms with E-state index >= 15 is 0 Å². The lowest BCUT2D eigenvalue weighted by Gasteiger charge is -2.06. The van der Waals surface area contributed by atoms with Crippen molar-refractivity contribution in [3.05, 3.63) is 24.3 Å². The number of ether oxygens (including phenoxy) is 2. The molecule has 2 unspecified atom stereocenters. The Balaban J connectivity index is 3.93. The van der Waals surface area contributed by atoms with E-state index in [2.05, 4.69) is 0 Å². The van der Waals surface area contributed by atoms with Crippen molar-refractivity contribution in [3.63, 3.8) is 0 Å². The van der Waals surface area contributed by atoms with E-state index in [4.69, 9.17) is 9.47 Å². The first kappa shape index (κ1) is 14.4. The third-order valence-electron chi connectivity index (χ3n) is 1.58. The molecule has 4 heteroatoms. The molecule has 0 aromatic carbocycles. The molecule has 4 nitrogen and oxygen atoms in total. The predicted molar refractivity (Wildman–Crippen MR) is 60.7 cm³/mol. The van der Waals surface area contributed by atoms with Gasteiger partial charge in [-0.3, -0.25) is 9.59 Å². The van der Waals surface area contributed by atoms with Crippen molar-refractivity contribution in [3.8, 4) is 0 Å². The topological polar surface area (TPSA) is 52.6 Å². The number of hydrogen-bond donors (Lipinski definition) is 0. The van der Waals surface area contributed by atoms with E-state index in [1.807, 2.05) is 0 Å². The van der Waals surface area contributed by atoms with Crippen LogP contribution in [0.3, 0.4) is 0 Å². The predicted octanol–water partition coefficient (Wildman–Crippen LogP) is 2.00. The Kier molecular flexibility index (Phi) is 6.92. The van der Waals surface area contributed by atoms with Gasteiger partial charge in [-0.25, -0.2) is 0 Å². The van der Waals surface area contributed by atoms with Gasteiger partial charge in [0.15, 0.2) is 0 Å². The van der Waals surface area contributed by atoms with E-state index in [1.54, 1.807) is 38.2 Å². The minimum Gasteiger partial charge on any atom is -0.459 e. The van der Waals surface area contributed by atoms with Crippen molar-refractivity contribution in [1.29, 1.82) is 0 Å². The second kappa shape index (κ2) is 7.68. The highest BCUT2D eigenvalue weighted by Gasteiger charge is 1.99. The standard InChI is InChI=1S/C12H18O4/c1-9(15-11(3)13)7-5-6-8-10(2)16-12(4)14/h5-10H,1-4H3/b7-5+,8-6+. The summed E-state index contributed by atoms with van der Waals surface area (Å²) in [6.07, 6.45) is 6.44. The lowest BCUT2D eigenvalue weighted by atomic mass is 10.3. The Hall–Kier alpha value is -1.58. The largest absolute Gasteiger partial charge is 0.459 e. The van der Waals surface area contributed by atoms with E-state index in [-0.39, 0.29) is 24.1 Å². The maximum atomic E-state index is 10.6. The first-order valence-electron chi connectivity index (χ1n) is 5.11. The highest BCUT2D eigenvalue weighted by molar-refractivity contribution is 5.66. The van der Waals surface area contributed by atoms with Crippen molar-refractivity contribution in [1.82, 2.24) is 0 Å². The molecule has 0 aliphatic rings. The molecule has 0 spiro atoms. The zero-order valence-corrected chi connectivity index (χ0v) is 10.1. The van der Waals surface area contributed by atoms with Crippen molar-refractivity contribution in [2.24, 2.45) is 0 Å². The second-order valence-electron chi connectivity index (χ2n) is 3.40. The van der Waals surface area contributed by atoms with Crippen LogP contribution in [-0.4, -0.2) is 24.1 Å². The molecule has 2 atom stereocenters. The Bertz CT molecular complexity index is 261. The minimum absolute atomic E-state index is 0.258. The van der Waals surface area contributed by atoms with Crippen LogP contribution in [0.25, 0.3) is 0 Å². The number of carbonyl (C=O) groups excluding carboxylic acids is 2. The zero-order chi connectivity index (χ0) is 12.6. The average molecular weight is 226 g/mol. The summed E-state index contributed by atoms with van der Waals surface area (Å²) in [7, 11) is 0. The van der Waals surface area contributed by atoms with Crippen molar-refractivity contribution in [2.75, 3.05) is 0 Å². The van der Waals surface area contributed by atoms with E-state index in [0.29, 0.717) is 0 Å². The molecule has 16 heavy (non-hydrogen) atoms. The van der Waals surface area contributed by atoms with Crippen LogP contribution in [0.2, 0.25) is 0 Å². The van der Waals surface area contributed by atoms with E-state index in [9.17, 15) is 9.59 Å². The molecule has 0 fully saturated rings. The number of carbonyl (C=O) groups is 2. The number of allylic oxidation sites excluding steroid dienone is 2. The van der Waals surface area contributed by atoms with Gasteiger partial charge in [0.1, 0.15) is 12.2 Å². The lowest BCUT2D eigenvalue weighted by Crippen LogP contribution is -2.09. The van der Waals surface area contributed by atoms with Crippen molar-refractivity contribution in [2.45, 2.75) is 39.9 Å². The van der Waals surface area contributed by atoms with E-state index in [1.165, 1.54) is 13.8 Å². The first-order chi connectivity index (χ1) is 7.41. The van der Waals surface area contributed by atoms with Gasteiger partial charge in [-0.05, 0) is 26.0 Å². The fourth-order valence-electron chi connectivity index (χ4n) is 1.04. The van der Waals surface area contributed by atoms with Crippen LogP contribution in [0.15, 0.2) is 24.3 Å². The summed E-state index contributed by atoms with van der Waals surface area (Å²) in [5.41, 5.74) is 0. The van der Waals surface area contributed by atoms with Crippen molar-refractivity contribution >= 4 is 11.9 Å². The second-order valence-corrected chi connectivity index (χ2v) is 3.40. The van der Waals surface area contributed by atoms with Gasteiger partial charge in [0.05, 0.1) is 0 Å². The van der Waals surface area contributed by atoms with Gasteiger partial charge >= 0.3 is 11.9 Å². The fraction of sp³-hybridized carbons (Fsp3) is 0.500. The third-order valence-corrected chi connectivity index (χ3v) is 1.58. The summed E-state index contributed by atoms with van der Waals surface area (Å²) in [5.74, 6) is -0.621. The summed E-state index contributed by atoms with van der Waals surface area (Å²) >= 11 is 0. The maximum absolute atomic E-state index is 10.6. The van der Waals surface area contributed by atoms with Gasteiger partial charge in [0.2, 0.25) is 0 Å². The van der Waals surface area contributed by atoms with Crippen LogP contribution in [0.5, 0.6) is 0 Å². The Labute approximate surface area is 95.9 Å². The van der Waals surface area contributed by atoms with Crippen LogP contribution in [-0.2, 0) is 19.1 Å². The molecule has 0 radical (unpaired) electrons. The monoisotopic (exact) mass is 226 g/mol. The molecule has 0 saturated carbocycles. The fourth-order valence-corrected chi connectivity index (χ4v) is 1.04. The number of rotatable bonds is 5. The highest BCUT2D eigenvalue weighted by atomic mass is 16.5. The molecule has 0 saturated heterocycles. The Morgan fingerprint density at radius 2 is 1.19 bits per heavy atom. The van der Waals surface area contributed by atoms with Crippen LogP contribution < -0.4 is 0 Å². The van der Waals surface area contributed by atoms with Gasteiger partial charge in [0, 0.05) is 13.8 Å². The molecular formula is C12H18O4. The molecule has 0 amide bonds. The molecular weight excluding hydrogens is 208 g/mol. The smallest absolute Gasteiger partial charge is 0.303 e. The van der Waals surface area contributed by atoms with Crippen LogP contribution in [0, 0.1) is 0 Å². The molecule has 0 aromatic heterocycles. The molecule has 0 aromatic rings. The Morgan fingerprint density at radius 1 is 0.875 bits per heavy atom. The van der Waals surface area contributed by atoms with Gasteiger partial charge < -0.3 is 9.47 Å². The van der Waals surface area contributed by atoms with Gasteiger partial charge in [-0.2, -0.15) is 0 Å². The summed E-state index contributed by atoms with van der Waals surface area (Å²) < 4.78 is 9.75. The number of esters is 2. The lowest BCUT2D eigenvalue weighted by molar-refractivity contribution is -0.144.